The van der Waals surface area contributed by atoms with E-state index in [4.69, 9.17) is 0 Å². The third kappa shape index (κ3) is 2.57. The zero-order valence-corrected chi connectivity index (χ0v) is 12.0. The maximum atomic E-state index is 13.5. The van der Waals surface area contributed by atoms with Crippen LogP contribution < -0.4 is 0 Å². The largest absolute Gasteiger partial charge is 0.300 e. The standard InChI is InChI=1S/C15H12F2N4O/c1-8(22)5-11-7-14-18-9(2)20-21(14)15(19-11)10-3-4-12(16)13(17)6-10/h3-4,6-7H,5H2,1-2H3. The molecule has 1 aromatic carbocycles. The van der Waals surface area contributed by atoms with Gasteiger partial charge >= 0.3 is 0 Å². The topological polar surface area (TPSA) is 60.2 Å². The molecule has 5 nitrogen and oxygen atoms in total. The van der Waals surface area contributed by atoms with Crippen LogP contribution in [0.3, 0.4) is 0 Å². The molecule has 0 bridgehead atoms. The molecule has 2 aromatic heterocycles. The SMILES string of the molecule is CC(=O)Cc1cc2nc(C)nn2c(-c2ccc(F)c(F)c2)n1. The molecule has 0 spiro atoms. The molecule has 7 heteroatoms. The summed E-state index contributed by atoms with van der Waals surface area (Å²) in [6.07, 6.45) is 0.138. The van der Waals surface area contributed by atoms with Gasteiger partial charge in [0, 0.05) is 18.1 Å². The van der Waals surface area contributed by atoms with Crippen LogP contribution in [0.1, 0.15) is 18.4 Å². The van der Waals surface area contributed by atoms with Crippen molar-refractivity contribution in [1.29, 1.82) is 0 Å². The van der Waals surface area contributed by atoms with Crippen LogP contribution in [0, 0.1) is 18.6 Å². The normalized spacial score (nSPS) is 11.1. The molecule has 0 N–H and O–H groups in total. The second kappa shape index (κ2) is 5.25. The molecule has 0 aliphatic carbocycles. The number of aromatic nitrogens is 4. The van der Waals surface area contributed by atoms with Crippen molar-refractivity contribution in [1.82, 2.24) is 19.6 Å². The van der Waals surface area contributed by atoms with E-state index < -0.39 is 11.6 Å². The molecule has 3 rings (SSSR count). The van der Waals surface area contributed by atoms with Crippen molar-refractivity contribution >= 4 is 11.4 Å². The highest BCUT2D eigenvalue weighted by Gasteiger charge is 2.14. The number of carbonyl (C=O) groups is 1. The van der Waals surface area contributed by atoms with Gasteiger partial charge in [0.2, 0.25) is 0 Å². The average Bonchev–Trinajstić information content (AvgIpc) is 2.80. The minimum Gasteiger partial charge on any atom is -0.300 e. The minimum absolute atomic E-state index is 0.0516. The van der Waals surface area contributed by atoms with E-state index in [2.05, 4.69) is 15.1 Å². The van der Waals surface area contributed by atoms with E-state index in [1.807, 2.05) is 0 Å². The summed E-state index contributed by atoms with van der Waals surface area (Å²) >= 11 is 0. The first-order chi connectivity index (χ1) is 10.4. The van der Waals surface area contributed by atoms with E-state index >= 15 is 0 Å². The number of rotatable bonds is 3. The molecule has 0 saturated heterocycles. The Morgan fingerprint density at radius 1 is 1.18 bits per heavy atom. The van der Waals surface area contributed by atoms with Crippen molar-refractivity contribution in [3.05, 3.63) is 47.4 Å². The highest BCUT2D eigenvalue weighted by atomic mass is 19.2. The Labute approximate surface area is 124 Å². The van der Waals surface area contributed by atoms with Crippen LogP contribution in [0.5, 0.6) is 0 Å². The van der Waals surface area contributed by atoms with E-state index in [9.17, 15) is 13.6 Å². The summed E-state index contributed by atoms with van der Waals surface area (Å²) in [5.41, 5.74) is 1.37. The summed E-state index contributed by atoms with van der Waals surface area (Å²) in [6.45, 7) is 3.17. The number of halogens is 2. The number of carbonyl (C=O) groups excluding carboxylic acids is 1. The first kappa shape index (κ1) is 14.2. The van der Waals surface area contributed by atoms with Gasteiger partial charge in [-0.05, 0) is 32.0 Å². The lowest BCUT2D eigenvalue weighted by molar-refractivity contribution is -0.116. The monoisotopic (exact) mass is 302 g/mol. The Morgan fingerprint density at radius 3 is 2.64 bits per heavy atom. The van der Waals surface area contributed by atoms with Gasteiger partial charge in [-0.25, -0.2) is 18.7 Å². The van der Waals surface area contributed by atoms with E-state index in [0.29, 0.717) is 28.6 Å². The summed E-state index contributed by atoms with van der Waals surface area (Å²) in [5.74, 6) is -1.13. The molecule has 112 valence electrons. The molecule has 22 heavy (non-hydrogen) atoms. The number of benzene rings is 1. The zero-order chi connectivity index (χ0) is 15.9. The molecular formula is C15H12F2N4O. The molecule has 0 fully saturated rings. The van der Waals surface area contributed by atoms with Crippen molar-refractivity contribution in [3.8, 4) is 11.4 Å². The molecule has 3 aromatic rings. The van der Waals surface area contributed by atoms with Gasteiger partial charge in [-0.1, -0.05) is 0 Å². The van der Waals surface area contributed by atoms with Crippen LogP contribution in [-0.4, -0.2) is 25.4 Å². The molecule has 2 heterocycles. The Balaban J connectivity index is 2.25. The van der Waals surface area contributed by atoms with Gasteiger partial charge < -0.3 is 0 Å². The van der Waals surface area contributed by atoms with E-state index in [0.717, 1.165) is 12.1 Å². The Morgan fingerprint density at radius 2 is 1.95 bits per heavy atom. The lowest BCUT2D eigenvalue weighted by Gasteiger charge is -2.07. The van der Waals surface area contributed by atoms with Crippen molar-refractivity contribution < 1.29 is 13.6 Å². The van der Waals surface area contributed by atoms with Crippen LogP contribution >= 0.6 is 0 Å². The Bertz CT molecular complexity index is 889. The fourth-order valence-electron chi connectivity index (χ4n) is 2.21. The van der Waals surface area contributed by atoms with E-state index in [-0.39, 0.29) is 12.2 Å². The van der Waals surface area contributed by atoms with E-state index in [1.165, 1.54) is 17.5 Å². The molecule has 0 aliphatic heterocycles. The van der Waals surface area contributed by atoms with Gasteiger partial charge in [0.05, 0.1) is 5.69 Å². The predicted molar refractivity (Wildman–Crippen MR) is 75.3 cm³/mol. The summed E-state index contributed by atoms with van der Waals surface area (Å²) < 4.78 is 28.0. The molecule has 0 amide bonds. The smallest absolute Gasteiger partial charge is 0.163 e. The lowest BCUT2D eigenvalue weighted by atomic mass is 10.1. The first-order valence-electron chi connectivity index (χ1n) is 6.62. The lowest BCUT2D eigenvalue weighted by Crippen LogP contribution is -2.05. The predicted octanol–water partition coefficient (Wildman–Crippen LogP) is 2.51. The molecule has 0 atom stereocenters. The second-order valence-electron chi connectivity index (χ2n) is 5.01. The van der Waals surface area contributed by atoms with Gasteiger partial charge in [-0.15, -0.1) is 5.10 Å². The maximum absolute atomic E-state index is 13.5. The quantitative estimate of drug-likeness (QED) is 0.746. The molecule has 0 radical (unpaired) electrons. The summed E-state index contributed by atoms with van der Waals surface area (Å²) in [4.78, 5) is 19.9. The number of fused-ring (bicyclic) bond motifs is 1. The van der Waals surface area contributed by atoms with E-state index in [1.54, 1.807) is 13.0 Å². The maximum Gasteiger partial charge on any atom is 0.163 e. The van der Waals surface area contributed by atoms with Crippen LogP contribution in [0.25, 0.3) is 17.0 Å². The number of ketones is 1. The van der Waals surface area contributed by atoms with Crippen LogP contribution in [0.15, 0.2) is 24.3 Å². The third-order valence-corrected chi connectivity index (χ3v) is 3.09. The average molecular weight is 302 g/mol. The number of hydrogen-bond acceptors (Lipinski definition) is 4. The van der Waals surface area contributed by atoms with Crippen molar-refractivity contribution in [2.24, 2.45) is 0 Å². The molecule has 0 unspecified atom stereocenters. The van der Waals surface area contributed by atoms with Gasteiger partial charge in [-0.3, -0.25) is 4.79 Å². The van der Waals surface area contributed by atoms with Gasteiger partial charge in [0.1, 0.15) is 11.6 Å². The first-order valence-corrected chi connectivity index (χ1v) is 6.62. The molecular weight excluding hydrogens is 290 g/mol. The zero-order valence-electron chi connectivity index (χ0n) is 12.0. The Kier molecular flexibility index (Phi) is 3.40. The number of aryl methyl sites for hydroxylation is 1. The number of Topliss-reactive ketones (excluding diaryl/α,β-unsaturated/α-hetero) is 1. The van der Waals surface area contributed by atoms with Crippen LogP contribution in [-0.2, 0) is 11.2 Å². The van der Waals surface area contributed by atoms with Gasteiger partial charge in [-0.2, -0.15) is 4.52 Å². The molecule has 0 saturated carbocycles. The number of nitrogens with zero attached hydrogens (tertiary/aromatic N) is 4. The van der Waals surface area contributed by atoms with Crippen molar-refractivity contribution in [3.63, 3.8) is 0 Å². The Hall–Kier alpha value is -2.70. The highest BCUT2D eigenvalue weighted by molar-refractivity contribution is 5.78. The fraction of sp³-hybridized carbons (Fsp3) is 0.200. The summed E-state index contributed by atoms with van der Waals surface area (Å²) in [5, 5.41) is 4.20. The van der Waals surface area contributed by atoms with Gasteiger partial charge in [0.25, 0.3) is 0 Å². The highest BCUT2D eigenvalue weighted by Crippen LogP contribution is 2.21. The van der Waals surface area contributed by atoms with Gasteiger partial charge in [0.15, 0.2) is 23.1 Å². The van der Waals surface area contributed by atoms with Crippen LogP contribution in [0.2, 0.25) is 0 Å². The molecule has 0 aliphatic rings. The third-order valence-electron chi connectivity index (χ3n) is 3.09. The fourth-order valence-corrected chi connectivity index (χ4v) is 2.21. The summed E-state index contributed by atoms with van der Waals surface area (Å²) in [6, 6.07) is 5.14. The minimum atomic E-state index is -0.971. The second-order valence-corrected chi connectivity index (χ2v) is 5.01. The van der Waals surface area contributed by atoms with Crippen LogP contribution in [0.4, 0.5) is 8.78 Å². The van der Waals surface area contributed by atoms with Crippen molar-refractivity contribution in [2.75, 3.05) is 0 Å². The summed E-state index contributed by atoms with van der Waals surface area (Å²) in [7, 11) is 0. The van der Waals surface area contributed by atoms with Crippen molar-refractivity contribution in [2.45, 2.75) is 20.3 Å². The number of hydrogen-bond donors (Lipinski definition) is 0.